The van der Waals surface area contributed by atoms with E-state index in [0.29, 0.717) is 6.04 Å². The van der Waals surface area contributed by atoms with Gasteiger partial charge in [-0.05, 0) is 37.0 Å². The number of hydrogen-bond acceptors (Lipinski definition) is 2. The van der Waals surface area contributed by atoms with E-state index in [1.54, 1.807) is 0 Å². The van der Waals surface area contributed by atoms with Crippen molar-refractivity contribution in [2.75, 3.05) is 18.5 Å². The second-order valence-electron chi connectivity index (χ2n) is 4.89. The van der Waals surface area contributed by atoms with E-state index < -0.39 is 0 Å². The summed E-state index contributed by atoms with van der Waals surface area (Å²) in [6, 6.07) is 7.19. The van der Waals surface area contributed by atoms with Gasteiger partial charge in [-0.1, -0.05) is 18.2 Å². The fraction of sp³-hybridized carbons (Fsp3) is 0.467. The molecule has 2 nitrogen and oxygen atoms in total. The highest BCUT2D eigenvalue weighted by atomic mass is 15.1. The minimum atomic E-state index is 0.369. The van der Waals surface area contributed by atoms with Crippen molar-refractivity contribution in [3.8, 4) is 0 Å². The van der Waals surface area contributed by atoms with Crippen LogP contribution in [0.25, 0.3) is 0 Å². The summed E-state index contributed by atoms with van der Waals surface area (Å²) in [5, 5.41) is 3.43. The van der Waals surface area contributed by atoms with Gasteiger partial charge in [-0.2, -0.15) is 0 Å². The van der Waals surface area contributed by atoms with Crippen molar-refractivity contribution in [1.82, 2.24) is 5.32 Å². The van der Waals surface area contributed by atoms with Crippen molar-refractivity contribution in [3.05, 3.63) is 42.0 Å². The molecule has 0 fully saturated rings. The Balaban J connectivity index is 2.08. The SMILES string of the molecule is C=CC(C)NCc1ccc2c(c1)CCCN2C. The highest BCUT2D eigenvalue weighted by Crippen LogP contribution is 2.26. The predicted molar refractivity (Wildman–Crippen MR) is 74.5 cm³/mol. The molecule has 1 aromatic carbocycles. The Labute approximate surface area is 104 Å². The lowest BCUT2D eigenvalue weighted by Gasteiger charge is -2.28. The van der Waals surface area contributed by atoms with Crippen LogP contribution in [0.1, 0.15) is 24.5 Å². The lowest BCUT2D eigenvalue weighted by atomic mass is 9.99. The average molecular weight is 230 g/mol. The first kappa shape index (κ1) is 12.2. The summed E-state index contributed by atoms with van der Waals surface area (Å²) in [6.45, 7) is 8.01. The Kier molecular flexibility index (Phi) is 3.85. The van der Waals surface area contributed by atoms with Crippen molar-refractivity contribution >= 4 is 5.69 Å². The van der Waals surface area contributed by atoms with E-state index in [1.807, 2.05) is 6.08 Å². The van der Waals surface area contributed by atoms with Crippen LogP contribution in [0, 0.1) is 0 Å². The topological polar surface area (TPSA) is 15.3 Å². The number of fused-ring (bicyclic) bond motifs is 1. The van der Waals surface area contributed by atoms with Gasteiger partial charge in [-0.3, -0.25) is 0 Å². The van der Waals surface area contributed by atoms with Crippen molar-refractivity contribution in [1.29, 1.82) is 0 Å². The molecule has 0 saturated heterocycles. The van der Waals surface area contributed by atoms with E-state index in [9.17, 15) is 0 Å². The molecule has 92 valence electrons. The van der Waals surface area contributed by atoms with E-state index in [1.165, 1.54) is 36.2 Å². The van der Waals surface area contributed by atoms with E-state index >= 15 is 0 Å². The highest BCUT2D eigenvalue weighted by molar-refractivity contribution is 5.56. The minimum absolute atomic E-state index is 0.369. The quantitative estimate of drug-likeness (QED) is 0.800. The van der Waals surface area contributed by atoms with Gasteiger partial charge >= 0.3 is 0 Å². The normalized spacial score (nSPS) is 16.5. The molecular formula is C15H22N2. The van der Waals surface area contributed by atoms with E-state index in [2.05, 4.69) is 49.0 Å². The van der Waals surface area contributed by atoms with Gasteiger partial charge < -0.3 is 10.2 Å². The maximum absolute atomic E-state index is 3.78. The van der Waals surface area contributed by atoms with Crippen LogP contribution >= 0.6 is 0 Å². The van der Waals surface area contributed by atoms with Crippen LogP contribution in [0.4, 0.5) is 5.69 Å². The number of rotatable bonds is 4. The maximum Gasteiger partial charge on any atom is 0.0396 e. The molecule has 0 aromatic heterocycles. The van der Waals surface area contributed by atoms with Crippen LogP contribution in [-0.2, 0) is 13.0 Å². The Morgan fingerprint density at radius 1 is 1.53 bits per heavy atom. The smallest absolute Gasteiger partial charge is 0.0396 e. The molecule has 1 atom stereocenters. The number of hydrogen-bond donors (Lipinski definition) is 1. The summed E-state index contributed by atoms with van der Waals surface area (Å²) in [5.41, 5.74) is 4.26. The van der Waals surface area contributed by atoms with Gasteiger partial charge in [0.1, 0.15) is 0 Å². The third-order valence-corrected chi connectivity index (χ3v) is 3.48. The Morgan fingerprint density at radius 3 is 3.12 bits per heavy atom. The van der Waals surface area contributed by atoms with Crippen molar-refractivity contribution in [3.63, 3.8) is 0 Å². The Morgan fingerprint density at radius 2 is 2.35 bits per heavy atom. The molecule has 1 N–H and O–H groups in total. The van der Waals surface area contributed by atoms with E-state index in [-0.39, 0.29) is 0 Å². The number of anilines is 1. The number of nitrogens with zero attached hydrogens (tertiary/aromatic N) is 1. The van der Waals surface area contributed by atoms with Crippen LogP contribution in [0.5, 0.6) is 0 Å². The summed E-state index contributed by atoms with van der Waals surface area (Å²) >= 11 is 0. The maximum atomic E-state index is 3.78. The Hall–Kier alpha value is -1.28. The lowest BCUT2D eigenvalue weighted by Crippen LogP contribution is -2.26. The van der Waals surface area contributed by atoms with Crippen LogP contribution in [0.2, 0.25) is 0 Å². The summed E-state index contributed by atoms with van der Waals surface area (Å²) in [6.07, 6.45) is 4.42. The standard InChI is InChI=1S/C15H22N2/c1-4-12(2)16-11-13-7-8-15-14(10-13)6-5-9-17(15)3/h4,7-8,10,12,16H,1,5-6,9,11H2,2-3H3. The summed E-state index contributed by atoms with van der Waals surface area (Å²) < 4.78 is 0. The van der Waals surface area contributed by atoms with Crippen LogP contribution in [0.15, 0.2) is 30.9 Å². The van der Waals surface area contributed by atoms with Gasteiger partial charge in [0.15, 0.2) is 0 Å². The summed E-state index contributed by atoms with van der Waals surface area (Å²) in [4.78, 5) is 2.35. The first-order valence-corrected chi connectivity index (χ1v) is 6.39. The van der Waals surface area contributed by atoms with Gasteiger partial charge in [0.05, 0.1) is 0 Å². The molecule has 1 aromatic rings. The Bertz CT molecular complexity index is 398. The third kappa shape index (κ3) is 2.89. The van der Waals surface area contributed by atoms with Crippen LogP contribution in [-0.4, -0.2) is 19.6 Å². The van der Waals surface area contributed by atoms with Crippen molar-refractivity contribution in [2.45, 2.75) is 32.4 Å². The van der Waals surface area contributed by atoms with Gasteiger partial charge in [-0.25, -0.2) is 0 Å². The minimum Gasteiger partial charge on any atom is -0.374 e. The van der Waals surface area contributed by atoms with Gasteiger partial charge in [0.25, 0.3) is 0 Å². The fourth-order valence-corrected chi connectivity index (χ4v) is 2.31. The second-order valence-corrected chi connectivity index (χ2v) is 4.89. The number of aryl methyl sites for hydroxylation is 1. The zero-order chi connectivity index (χ0) is 12.3. The molecule has 2 heteroatoms. The van der Waals surface area contributed by atoms with Crippen LogP contribution in [0.3, 0.4) is 0 Å². The second kappa shape index (κ2) is 5.37. The molecule has 1 unspecified atom stereocenters. The monoisotopic (exact) mass is 230 g/mol. The molecule has 1 aliphatic heterocycles. The molecule has 0 aliphatic carbocycles. The molecule has 1 aliphatic rings. The zero-order valence-electron chi connectivity index (χ0n) is 10.9. The molecule has 17 heavy (non-hydrogen) atoms. The van der Waals surface area contributed by atoms with Gasteiger partial charge in [0.2, 0.25) is 0 Å². The first-order chi connectivity index (χ1) is 8.20. The average Bonchev–Trinajstić information content (AvgIpc) is 2.36. The molecule has 0 amide bonds. The molecule has 0 saturated carbocycles. The zero-order valence-corrected chi connectivity index (χ0v) is 10.9. The van der Waals surface area contributed by atoms with Crippen molar-refractivity contribution in [2.24, 2.45) is 0 Å². The summed E-state index contributed by atoms with van der Waals surface area (Å²) in [5.74, 6) is 0. The van der Waals surface area contributed by atoms with Crippen molar-refractivity contribution < 1.29 is 0 Å². The first-order valence-electron chi connectivity index (χ1n) is 6.39. The number of nitrogens with one attached hydrogen (secondary N) is 1. The lowest BCUT2D eigenvalue weighted by molar-refractivity contribution is 0.633. The largest absolute Gasteiger partial charge is 0.374 e. The molecule has 0 bridgehead atoms. The molecule has 2 rings (SSSR count). The molecule has 0 spiro atoms. The summed E-state index contributed by atoms with van der Waals surface area (Å²) in [7, 11) is 2.18. The van der Waals surface area contributed by atoms with Crippen LogP contribution < -0.4 is 10.2 Å². The molecule has 1 heterocycles. The highest BCUT2D eigenvalue weighted by Gasteiger charge is 2.13. The number of benzene rings is 1. The predicted octanol–water partition coefficient (Wildman–Crippen LogP) is 2.73. The molecule has 0 radical (unpaired) electrons. The van der Waals surface area contributed by atoms with Gasteiger partial charge in [-0.15, -0.1) is 6.58 Å². The van der Waals surface area contributed by atoms with E-state index in [4.69, 9.17) is 0 Å². The van der Waals surface area contributed by atoms with Gasteiger partial charge in [0, 0.05) is 31.9 Å². The van der Waals surface area contributed by atoms with E-state index in [0.717, 1.165) is 6.54 Å². The fourth-order valence-electron chi connectivity index (χ4n) is 2.31. The third-order valence-electron chi connectivity index (χ3n) is 3.48. The molecular weight excluding hydrogens is 208 g/mol.